The van der Waals surface area contributed by atoms with Gasteiger partial charge in [0.25, 0.3) is 0 Å². The number of hydrogen-bond acceptors (Lipinski definition) is 7. The Balaban J connectivity index is 2.35. The average Bonchev–Trinajstić information content (AvgIpc) is 3.18. The van der Waals surface area contributed by atoms with E-state index in [1.165, 1.54) is 43.5 Å². The van der Waals surface area contributed by atoms with E-state index in [0.29, 0.717) is 0 Å². The van der Waals surface area contributed by atoms with Gasteiger partial charge in [0.15, 0.2) is 17.3 Å². The summed E-state index contributed by atoms with van der Waals surface area (Å²) in [6.07, 6.45) is 0.870. The molecule has 0 saturated heterocycles. The number of oxazole rings is 1. The third kappa shape index (κ3) is 4.11. The Hall–Kier alpha value is -3.38. The molecule has 0 aliphatic heterocycles. The minimum absolute atomic E-state index is 0.0148. The largest absolute Gasteiger partial charge is 0.494 e. The van der Waals surface area contributed by atoms with Crippen LogP contribution in [-0.2, 0) is 14.8 Å². The molecule has 0 saturated carbocycles. The number of nitrogens with two attached hydrogens (primary N) is 1. The van der Waals surface area contributed by atoms with Gasteiger partial charge in [-0.2, -0.15) is 10.2 Å². The molecule has 0 aliphatic carbocycles. The summed E-state index contributed by atoms with van der Waals surface area (Å²) in [6.45, 7) is 3.32. The lowest BCUT2D eigenvalue weighted by molar-refractivity contribution is -0.153. The number of sulfonamides is 1. The van der Waals surface area contributed by atoms with Crippen LogP contribution in [0, 0.1) is 5.82 Å². The number of rotatable bonds is 6. The number of aromatic nitrogens is 1. The molecule has 1 aromatic heterocycles. The predicted octanol–water partition coefficient (Wildman–Crippen LogP) is 2.84. The Bertz CT molecular complexity index is 1280. The van der Waals surface area contributed by atoms with Gasteiger partial charge in [-0.05, 0) is 35.0 Å². The number of hydroxylamine groups is 2. The first-order chi connectivity index (χ1) is 14.5. The van der Waals surface area contributed by atoms with E-state index in [2.05, 4.69) is 11.6 Å². The maximum absolute atomic E-state index is 14.3. The van der Waals surface area contributed by atoms with E-state index in [4.69, 9.17) is 14.3 Å². The minimum Gasteiger partial charge on any atom is -0.494 e. The van der Waals surface area contributed by atoms with Gasteiger partial charge in [0.1, 0.15) is 12.7 Å². The topological polar surface area (TPSA) is 133 Å². The number of benzene rings is 2. The Morgan fingerprint density at radius 2 is 2.00 bits per heavy atom. The molecule has 1 atom stereocenters. The summed E-state index contributed by atoms with van der Waals surface area (Å²) in [5, 5.41) is 15.9. The van der Waals surface area contributed by atoms with Gasteiger partial charge in [-0.15, -0.1) is 0 Å². The van der Waals surface area contributed by atoms with E-state index in [1.807, 2.05) is 0 Å². The molecule has 1 unspecified atom stereocenters. The average molecular weight is 448 g/mol. The molecule has 1 heterocycles. The molecule has 3 rings (SSSR count). The van der Waals surface area contributed by atoms with Crippen molar-refractivity contribution in [2.75, 3.05) is 14.2 Å². The van der Waals surface area contributed by atoms with Crippen molar-refractivity contribution in [1.29, 1.82) is 0 Å². The van der Waals surface area contributed by atoms with Crippen LogP contribution in [0.15, 0.2) is 64.4 Å². The predicted molar refractivity (Wildman–Crippen MR) is 110 cm³/mol. The quantitative estimate of drug-likeness (QED) is 0.256. The monoisotopic (exact) mass is 448 g/mol. The van der Waals surface area contributed by atoms with Crippen LogP contribution in [-0.4, -0.2) is 38.7 Å². The number of likely N-dealkylation sites (N-methyl/N-ethyl adjacent to an activating group) is 1. The number of hydrogen-bond donors (Lipinski definition) is 2. The van der Waals surface area contributed by atoms with Crippen LogP contribution in [0.4, 0.5) is 10.4 Å². The second-order valence-electron chi connectivity index (χ2n) is 6.57. The van der Waals surface area contributed by atoms with Gasteiger partial charge in [-0.3, -0.25) is 0 Å². The van der Waals surface area contributed by atoms with Crippen LogP contribution in [0.5, 0.6) is 5.75 Å². The standard InChI is InChI=1S/C20H19FN3O6S/c1-4-17(25)24(2,26)20-23-18(12-9-10-15(29-3)14(21)11-12)19(30-20)13-7-5-6-8-16(13)31(22,27)28/h4-11,26H,1H2,2-3H3,(H2,22,27,28)/q+1. The van der Waals surface area contributed by atoms with E-state index in [1.54, 1.807) is 0 Å². The van der Waals surface area contributed by atoms with Gasteiger partial charge in [-0.25, -0.2) is 22.7 Å². The van der Waals surface area contributed by atoms with Crippen LogP contribution in [0.2, 0.25) is 0 Å². The van der Waals surface area contributed by atoms with E-state index < -0.39 is 32.4 Å². The zero-order valence-electron chi connectivity index (χ0n) is 16.6. The van der Waals surface area contributed by atoms with E-state index in [9.17, 15) is 22.8 Å². The molecule has 9 nitrogen and oxygen atoms in total. The lowest BCUT2D eigenvalue weighted by atomic mass is 10.1. The van der Waals surface area contributed by atoms with Gasteiger partial charge >= 0.3 is 11.9 Å². The van der Waals surface area contributed by atoms with Gasteiger partial charge in [0.05, 0.1) is 12.0 Å². The zero-order valence-corrected chi connectivity index (χ0v) is 17.4. The summed E-state index contributed by atoms with van der Waals surface area (Å²) in [7, 11) is -1.79. The summed E-state index contributed by atoms with van der Waals surface area (Å²) in [4.78, 5) is 16.0. The molecular weight excluding hydrogens is 429 g/mol. The summed E-state index contributed by atoms with van der Waals surface area (Å²) in [6, 6.07) is 9.07. The summed E-state index contributed by atoms with van der Waals surface area (Å²) < 4.78 is 47.6. The highest BCUT2D eigenvalue weighted by atomic mass is 32.2. The van der Waals surface area contributed by atoms with Crippen molar-refractivity contribution in [2.45, 2.75) is 4.90 Å². The molecule has 2 aromatic carbocycles. The van der Waals surface area contributed by atoms with Crippen molar-refractivity contribution in [2.24, 2.45) is 5.14 Å². The van der Waals surface area contributed by atoms with E-state index >= 15 is 0 Å². The fourth-order valence-electron chi connectivity index (χ4n) is 2.86. The molecule has 0 spiro atoms. The van der Waals surface area contributed by atoms with Crippen LogP contribution >= 0.6 is 0 Å². The number of carbonyl (C=O) groups is 1. The van der Waals surface area contributed by atoms with Crippen molar-refractivity contribution in [3.05, 3.63) is 60.9 Å². The first-order valence-corrected chi connectivity index (χ1v) is 10.3. The van der Waals surface area contributed by atoms with Gasteiger partial charge < -0.3 is 9.15 Å². The van der Waals surface area contributed by atoms with E-state index in [-0.39, 0.29) is 33.2 Å². The normalized spacial score (nSPS) is 13.5. The third-order valence-electron chi connectivity index (χ3n) is 4.46. The molecule has 162 valence electrons. The van der Waals surface area contributed by atoms with Gasteiger partial charge in [0.2, 0.25) is 10.0 Å². The molecule has 31 heavy (non-hydrogen) atoms. The highest BCUT2D eigenvalue weighted by Crippen LogP contribution is 2.40. The molecular formula is C20H19FN3O6S+. The molecule has 3 aromatic rings. The molecule has 0 fully saturated rings. The maximum atomic E-state index is 14.3. The SMILES string of the molecule is C=CC(=O)[N+](C)(O)c1nc(-c2ccc(OC)c(F)c2)c(-c2ccccc2S(N)(=O)=O)o1. The highest BCUT2D eigenvalue weighted by Gasteiger charge is 2.39. The van der Waals surface area contributed by atoms with Crippen molar-refractivity contribution in [1.82, 2.24) is 9.63 Å². The van der Waals surface area contributed by atoms with Crippen LogP contribution in [0.1, 0.15) is 0 Å². The number of halogens is 1. The summed E-state index contributed by atoms with van der Waals surface area (Å²) in [5.41, 5.74) is 0.169. The smallest absolute Gasteiger partial charge is 0.446 e. The third-order valence-corrected chi connectivity index (χ3v) is 5.42. The molecule has 0 bridgehead atoms. The number of carbonyl (C=O) groups excluding carboxylic acids is 1. The zero-order chi connectivity index (χ0) is 23.0. The Labute approximate surface area is 177 Å². The highest BCUT2D eigenvalue weighted by molar-refractivity contribution is 7.89. The fourth-order valence-corrected chi connectivity index (χ4v) is 3.60. The van der Waals surface area contributed by atoms with Gasteiger partial charge in [-0.1, -0.05) is 18.7 Å². The number of nitrogens with zero attached hydrogens (tertiary/aromatic N) is 2. The Morgan fingerprint density at radius 3 is 2.58 bits per heavy atom. The van der Waals surface area contributed by atoms with Crippen molar-refractivity contribution in [3.63, 3.8) is 0 Å². The fraction of sp³-hybridized carbons (Fsp3) is 0.100. The van der Waals surface area contributed by atoms with Gasteiger partial charge in [0, 0.05) is 17.2 Å². The minimum atomic E-state index is -4.18. The lowest BCUT2D eigenvalue weighted by Gasteiger charge is -2.14. The number of ether oxygens (including phenoxy) is 1. The Morgan fingerprint density at radius 1 is 1.32 bits per heavy atom. The summed E-state index contributed by atoms with van der Waals surface area (Å²) in [5.74, 6) is -1.73. The second kappa shape index (κ2) is 8.04. The van der Waals surface area contributed by atoms with Crippen LogP contribution < -0.4 is 14.5 Å². The van der Waals surface area contributed by atoms with Crippen molar-refractivity contribution < 1.29 is 32.0 Å². The molecule has 11 heteroatoms. The van der Waals surface area contributed by atoms with Crippen LogP contribution in [0.3, 0.4) is 0 Å². The lowest BCUT2D eigenvalue weighted by Crippen LogP contribution is -2.46. The number of quaternary nitrogens is 1. The number of methoxy groups -OCH3 is 1. The second-order valence-corrected chi connectivity index (χ2v) is 8.10. The number of primary sulfonamides is 1. The van der Waals surface area contributed by atoms with Crippen molar-refractivity contribution >= 4 is 21.9 Å². The Kier molecular flexibility index (Phi) is 5.79. The molecule has 0 radical (unpaired) electrons. The summed E-state index contributed by atoms with van der Waals surface area (Å²) >= 11 is 0. The van der Waals surface area contributed by atoms with Crippen LogP contribution in [0.25, 0.3) is 22.6 Å². The maximum Gasteiger partial charge on any atom is 0.446 e. The first kappa shape index (κ1) is 22.3. The first-order valence-electron chi connectivity index (χ1n) is 8.74. The molecule has 0 aliphatic rings. The number of amides is 1. The molecule has 1 amide bonds. The van der Waals surface area contributed by atoms with Crippen molar-refractivity contribution in [3.8, 4) is 28.3 Å². The van der Waals surface area contributed by atoms with E-state index in [0.717, 1.165) is 19.2 Å². The molecule has 3 N–H and O–H groups in total.